The number of nitriles is 2. The summed E-state index contributed by atoms with van der Waals surface area (Å²) in [4.78, 5) is 11.6. The molecule has 6 nitrogen and oxygen atoms in total. The van der Waals surface area contributed by atoms with Crippen LogP contribution in [0.25, 0.3) is 0 Å². The van der Waals surface area contributed by atoms with E-state index in [1.807, 2.05) is 12.1 Å². The maximum atomic E-state index is 11.6. The Morgan fingerprint density at radius 1 is 1.33 bits per heavy atom. The fourth-order valence-electron chi connectivity index (χ4n) is 1.27. The molecule has 0 aromatic heterocycles. The molecule has 0 radical (unpaired) electrons. The molecule has 1 rings (SSSR count). The molecule has 90 valence electrons. The van der Waals surface area contributed by atoms with Gasteiger partial charge in [-0.2, -0.15) is 10.5 Å². The summed E-state index contributed by atoms with van der Waals surface area (Å²) >= 11 is 4.56. The molecule has 0 aliphatic carbocycles. The Bertz CT molecular complexity index is 584. The van der Waals surface area contributed by atoms with Crippen molar-refractivity contribution in [1.29, 1.82) is 10.5 Å². The van der Waals surface area contributed by atoms with Crippen LogP contribution in [0.4, 0.5) is 0 Å². The summed E-state index contributed by atoms with van der Waals surface area (Å²) in [5, 5.41) is 18.0. The lowest BCUT2D eigenvalue weighted by molar-refractivity contribution is -0.126. The molecule has 4 N–H and O–H groups in total. The van der Waals surface area contributed by atoms with Crippen LogP contribution in [0, 0.1) is 22.7 Å². The number of benzene rings is 1. The molecule has 1 aromatic rings. The molecule has 1 aromatic carbocycles. The summed E-state index contributed by atoms with van der Waals surface area (Å²) < 4.78 is 0. The molecular weight excluding hydrogens is 250 g/mol. The fourth-order valence-corrected chi connectivity index (χ4v) is 1.38. The summed E-state index contributed by atoms with van der Waals surface area (Å²) in [6.45, 7) is 0. The second kappa shape index (κ2) is 5.73. The van der Waals surface area contributed by atoms with Crippen molar-refractivity contribution in [2.75, 3.05) is 0 Å². The quantitative estimate of drug-likeness (QED) is 0.331. The average molecular weight is 259 g/mol. The van der Waals surface area contributed by atoms with Crippen LogP contribution in [0.2, 0.25) is 0 Å². The van der Waals surface area contributed by atoms with Gasteiger partial charge >= 0.3 is 0 Å². The summed E-state index contributed by atoms with van der Waals surface area (Å²) in [5.74, 6) is 4.84. The van der Waals surface area contributed by atoms with Crippen molar-refractivity contribution < 1.29 is 4.79 Å². The highest BCUT2D eigenvalue weighted by Gasteiger charge is 2.13. The topological polar surface area (TPSA) is 120 Å². The second-order valence-corrected chi connectivity index (χ2v) is 3.80. The van der Waals surface area contributed by atoms with Crippen molar-refractivity contribution >= 4 is 23.2 Å². The Kier molecular flexibility index (Phi) is 4.33. The lowest BCUT2D eigenvalue weighted by atomic mass is 10.0. The fraction of sp³-hybridized carbons (Fsp3) is 0.0909. The summed E-state index contributed by atoms with van der Waals surface area (Å²) in [7, 11) is 0. The van der Waals surface area contributed by atoms with Crippen LogP contribution in [-0.2, 0) is 11.2 Å². The van der Waals surface area contributed by atoms with E-state index < -0.39 is 5.91 Å². The van der Waals surface area contributed by atoms with E-state index >= 15 is 0 Å². The molecular formula is C11H9N5OS. The molecule has 0 heterocycles. The lowest BCUT2D eigenvalue weighted by Gasteiger charge is -2.13. The van der Waals surface area contributed by atoms with Crippen LogP contribution < -0.4 is 11.6 Å². The summed E-state index contributed by atoms with van der Waals surface area (Å²) in [5.41, 5.74) is 6.23. The predicted molar refractivity (Wildman–Crippen MR) is 67.4 cm³/mol. The van der Waals surface area contributed by atoms with E-state index in [-0.39, 0.29) is 22.7 Å². The standard InChI is InChI=1S/C11H9N5OS/c12-5-8-2-1-7(3-9(8)6-13)4-10(17)16(15)11(14)18/h1-3H,4,15H2,(H2,14,18). The molecule has 0 aliphatic heterocycles. The molecule has 0 saturated heterocycles. The molecule has 0 bridgehead atoms. The van der Waals surface area contributed by atoms with Crippen molar-refractivity contribution in [1.82, 2.24) is 5.01 Å². The van der Waals surface area contributed by atoms with Gasteiger partial charge in [-0.05, 0) is 29.9 Å². The van der Waals surface area contributed by atoms with Gasteiger partial charge in [0.1, 0.15) is 12.1 Å². The number of rotatable bonds is 2. The molecule has 0 aliphatic rings. The van der Waals surface area contributed by atoms with Crippen molar-refractivity contribution in [3.8, 4) is 12.1 Å². The van der Waals surface area contributed by atoms with Crippen LogP contribution in [-0.4, -0.2) is 16.0 Å². The monoisotopic (exact) mass is 259 g/mol. The van der Waals surface area contributed by atoms with Gasteiger partial charge in [-0.1, -0.05) is 6.07 Å². The third-order valence-electron chi connectivity index (χ3n) is 2.19. The summed E-state index contributed by atoms with van der Waals surface area (Å²) in [6.07, 6.45) is -0.0474. The maximum absolute atomic E-state index is 11.6. The molecule has 0 fully saturated rings. The van der Waals surface area contributed by atoms with Crippen LogP contribution in [0.1, 0.15) is 16.7 Å². The van der Waals surface area contributed by atoms with E-state index in [1.54, 1.807) is 6.07 Å². The van der Waals surface area contributed by atoms with Crippen LogP contribution in [0.5, 0.6) is 0 Å². The number of thiocarbonyl (C=S) groups is 1. The minimum atomic E-state index is -0.490. The highest BCUT2D eigenvalue weighted by atomic mass is 32.1. The van der Waals surface area contributed by atoms with E-state index in [2.05, 4.69) is 12.2 Å². The molecule has 0 spiro atoms. The van der Waals surface area contributed by atoms with Gasteiger partial charge in [-0.3, -0.25) is 4.79 Å². The van der Waals surface area contributed by atoms with Crippen molar-refractivity contribution in [3.63, 3.8) is 0 Å². The highest BCUT2D eigenvalue weighted by Crippen LogP contribution is 2.11. The molecule has 0 saturated carbocycles. The van der Waals surface area contributed by atoms with Crippen molar-refractivity contribution in [2.24, 2.45) is 11.6 Å². The van der Waals surface area contributed by atoms with Gasteiger partial charge in [0, 0.05) is 0 Å². The van der Waals surface area contributed by atoms with Gasteiger partial charge in [-0.25, -0.2) is 10.9 Å². The Hall–Kier alpha value is -2.48. The molecule has 0 unspecified atom stereocenters. The number of amides is 1. The zero-order valence-electron chi connectivity index (χ0n) is 9.25. The summed E-state index contributed by atoms with van der Waals surface area (Å²) in [6, 6.07) is 8.28. The largest absolute Gasteiger partial charge is 0.375 e. The number of hydrogen-bond acceptors (Lipinski definition) is 5. The minimum Gasteiger partial charge on any atom is -0.375 e. The first kappa shape index (κ1) is 13.6. The normalized spacial score (nSPS) is 9.06. The van der Waals surface area contributed by atoms with E-state index in [0.717, 1.165) is 0 Å². The maximum Gasteiger partial charge on any atom is 0.247 e. The van der Waals surface area contributed by atoms with E-state index in [0.29, 0.717) is 10.6 Å². The first-order valence-corrected chi connectivity index (χ1v) is 5.20. The van der Waals surface area contributed by atoms with Crippen molar-refractivity contribution in [2.45, 2.75) is 6.42 Å². The van der Waals surface area contributed by atoms with Gasteiger partial charge in [0.2, 0.25) is 5.91 Å². The zero-order valence-corrected chi connectivity index (χ0v) is 10.1. The zero-order chi connectivity index (χ0) is 13.7. The van der Waals surface area contributed by atoms with Crippen LogP contribution in [0.3, 0.4) is 0 Å². The molecule has 0 atom stereocenters. The molecule has 18 heavy (non-hydrogen) atoms. The van der Waals surface area contributed by atoms with Gasteiger partial charge < -0.3 is 5.73 Å². The number of hydrogen-bond donors (Lipinski definition) is 2. The number of nitrogens with two attached hydrogens (primary N) is 2. The smallest absolute Gasteiger partial charge is 0.247 e. The van der Waals surface area contributed by atoms with Gasteiger partial charge in [-0.15, -0.1) is 0 Å². The molecule has 7 heteroatoms. The van der Waals surface area contributed by atoms with Gasteiger partial charge in [0.05, 0.1) is 17.5 Å². The van der Waals surface area contributed by atoms with Gasteiger partial charge in [0.25, 0.3) is 0 Å². The SMILES string of the molecule is N#Cc1ccc(CC(=O)N(N)C(N)=S)cc1C#N. The lowest BCUT2D eigenvalue weighted by Crippen LogP contribution is -2.46. The van der Waals surface area contributed by atoms with Crippen molar-refractivity contribution in [3.05, 3.63) is 34.9 Å². The average Bonchev–Trinajstić information content (AvgIpc) is 2.37. The van der Waals surface area contributed by atoms with E-state index in [9.17, 15) is 4.79 Å². The number of carbonyl (C=O) groups is 1. The first-order valence-electron chi connectivity index (χ1n) is 4.79. The Morgan fingerprint density at radius 2 is 1.94 bits per heavy atom. The first-order chi connectivity index (χ1) is 8.49. The number of hydrazine groups is 1. The second-order valence-electron chi connectivity index (χ2n) is 3.38. The van der Waals surface area contributed by atoms with Gasteiger partial charge in [0.15, 0.2) is 5.11 Å². The predicted octanol–water partition coefficient (Wildman–Crippen LogP) is -0.0816. The minimum absolute atomic E-state index is 0.0474. The third kappa shape index (κ3) is 3.01. The Balaban J connectivity index is 2.94. The van der Waals surface area contributed by atoms with E-state index in [4.69, 9.17) is 22.1 Å². The highest BCUT2D eigenvalue weighted by molar-refractivity contribution is 7.80. The van der Waals surface area contributed by atoms with Crippen LogP contribution >= 0.6 is 12.2 Å². The number of carbonyl (C=O) groups excluding carboxylic acids is 1. The number of nitrogens with zero attached hydrogens (tertiary/aromatic N) is 3. The van der Waals surface area contributed by atoms with Crippen LogP contribution in [0.15, 0.2) is 18.2 Å². The van der Waals surface area contributed by atoms with E-state index in [1.165, 1.54) is 12.1 Å². The third-order valence-corrected chi connectivity index (χ3v) is 2.38. The Morgan fingerprint density at radius 3 is 2.44 bits per heavy atom. The Labute approximate surface area is 109 Å². The molecule has 1 amide bonds.